The van der Waals surface area contributed by atoms with Gasteiger partial charge in [-0.3, -0.25) is 4.79 Å². The molecule has 2 aliphatic rings. The summed E-state index contributed by atoms with van der Waals surface area (Å²) in [6, 6.07) is 9.84. The van der Waals surface area contributed by atoms with Gasteiger partial charge in [0.05, 0.1) is 14.5 Å². The summed E-state index contributed by atoms with van der Waals surface area (Å²) < 4.78 is 29.4. The third kappa shape index (κ3) is 9.05. The molecule has 1 heterocycles. The Balaban J connectivity index is 0.000000633. The van der Waals surface area contributed by atoms with Crippen LogP contribution in [0.3, 0.4) is 0 Å². The van der Waals surface area contributed by atoms with Crippen LogP contribution >= 0.6 is 79.4 Å². The van der Waals surface area contributed by atoms with Gasteiger partial charge in [-0.25, -0.2) is 13.9 Å². The summed E-state index contributed by atoms with van der Waals surface area (Å²) >= 11 is 13.2. The fourth-order valence-corrected chi connectivity index (χ4v) is 6.82. The van der Waals surface area contributed by atoms with Gasteiger partial charge < -0.3 is 34.2 Å². The van der Waals surface area contributed by atoms with E-state index >= 15 is 0 Å². The third-order valence-corrected chi connectivity index (χ3v) is 9.01. The fraction of sp³-hybridized carbons (Fsp3) is 0. The molecule has 0 aromatic heterocycles. The molecule has 0 radical (unpaired) electrons. The van der Waals surface area contributed by atoms with E-state index in [1.807, 2.05) is 0 Å². The number of aromatic carboxylic acids is 1. The van der Waals surface area contributed by atoms with Crippen molar-refractivity contribution in [2.45, 2.75) is 0 Å². The number of halogens is 4. The summed E-state index contributed by atoms with van der Waals surface area (Å²) in [5.41, 5.74) is 1.61. The molecule has 0 atom stereocenters. The topological polar surface area (TPSA) is 212 Å². The second-order valence-corrected chi connectivity index (χ2v) is 13.1. The van der Waals surface area contributed by atoms with E-state index in [4.69, 9.17) is 24.0 Å². The number of carbonyl (C=O) groups is 1. The van der Waals surface area contributed by atoms with Crippen LogP contribution in [0.4, 0.5) is 0 Å². The summed E-state index contributed by atoms with van der Waals surface area (Å²) in [5.74, 6) is -0.921. The van der Waals surface area contributed by atoms with Gasteiger partial charge in [-0.1, -0.05) is 18.2 Å². The SMILES string of the molecule is O=C(O)c1ccccc1-c1c2cc(Br)c(=O)c(Br)c-2oc2c(Br)c(O)c(Br)cc12.O=P(O)(O)OP(=O)(O)O.[NaH].[NaH]. The number of phenolic OH excluding ortho intramolecular Hbond substituents is 1. The molecule has 4 rings (SSSR count). The van der Waals surface area contributed by atoms with Crippen molar-refractivity contribution in [3.05, 3.63) is 70.1 Å². The van der Waals surface area contributed by atoms with Gasteiger partial charge in [0.25, 0.3) is 0 Å². The molecule has 0 spiro atoms. The molecule has 0 amide bonds. The number of phenols is 1. The van der Waals surface area contributed by atoms with E-state index in [-0.39, 0.29) is 96.1 Å². The number of benzene rings is 3. The second kappa shape index (κ2) is 15.0. The summed E-state index contributed by atoms with van der Waals surface area (Å²) in [5, 5.41) is 20.6. The molecule has 2 aromatic rings. The maximum absolute atomic E-state index is 12.4. The van der Waals surface area contributed by atoms with Crippen molar-refractivity contribution in [3.63, 3.8) is 0 Å². The monoisotopic (exact) mass is 870 g/mol. The molecule has 2 aromatic carbocycles. The Kier molecular flexibility index (Phi) is 14.5. The zero-order chi connectivity index (χ0) is 28.7. The van der Waals surface area contributed by atoms with Crippen molar-refractivity contribution in [1.82, 2.24) is 0 Å². The molecule has 0 saturated heterocycles. The molecule has 12 nitrogen and oxygen atoms in total. The predicted molar refractivity (Wildman–Crippen MR) is 163 cm³/mol. The van der Waals surface area contributed by atoms with Crippen molar-refractivity contribution in [2.24, 2.45) is 0 Å². The van der Waals surface area contributed by atoms with Gasteiger partial charge in [-0.2, -0.15) is 4.31 Å². The molecule has 0 saturated carbocycles. The molecule has 0 fully saturated rings. The summed E-state index contributed by atoms with van der Waals surface area (Å²) in [6.45, 7) is 0. The van der Waals surface area contributed by atoms with Crippen LogP contribution in [0, 0.1) is 0 Å². The molecule has 40 heavy (non-hydrogen) atoms. The van der Waals surface area contributed by atoms with Crippen LogP contribution in [0.15, 0.2) is 63.5 Å². The third-order valence-electron chi connectivity index (χ3n) is 4.66. The van der Waals surface area contributed by atoms with Crippen molar-refractivity contribution in [1.29, 1.82) is 0 Å². The first-order chi connectivity index (χ1) is 17.4. The van der Waals surface area contributed by atoms with E-state index in [2.05, 4.69) is 68.0 Å². The maximum atomic E-state index is 12.4. The minimum atomic E-state index is -5.05. The van der Waals surface area contributed by atoms with Gasteiger partial charge in [0.2, 0.25) is 5.43 Å². The van der Waals surface area contributed by atoms with Gasteiger partial charge in [-0.05, 0) is 87.5 Å². The van der Waals surface area contributed by atoms with Crippen molar-refractivity contribution in [3.8, 4) is 28.2 Å². The van der Waals surface area contributed by atoms with Gasteiger partial charge in [0.15, 0.2) is 11.3 Å². The minimum absolute atomic E-state index is 0. The Hall–Kier alpha value is 0.580. The number of aromatic hydroxyl groups is 1. The molecular formula is C20H14Br4Na2O12P2. The first-order valence-electron chi connectivity index (χ1n) is 9.53. The first-order valence-corrected chi connectivity index (χ1v) is 15.8. The average Bonchev–Trinajstić information content (AvgIpc) is 2.78. The van der Waals surface area contributed by atoms with E-state index in [1.165, 1.54) is 6.07 Å². The molecule has 206 valence electrons. The van der Waals surface area contributed by atoms with Crippen LogP contribution in [0.25, 0.3) is 33.4 Å². The van der Waals surface area contributed by atoms with E-state index in [9.17, 15) is 28.9 Å². The Labute approximate surface area is 302 Å². The average molecular weight is 874 g/mol. The second-order valence-electron chi connectivity index (χ2n) is 7.17. The summed E-state index contributed by atoms with van der Waals surface area (Å²) in [4.78, 5) is 55.3. The van der Waals surface area contributed by atoms with Gasteiger partial charge in [0.1, 0.15) is 14.7 Å². The molecule has 0 unspecified atom stereocenters. The van der Waals surface area contributed by atoms with Crippen LogP contribution in [-0.2, 0) is 13.4 Å². The van der Waals surface area contributed by atoms with Crippen molar-refractivity contribution >= 4 is 155 Å². The van der Waals surface area contributed by atoms with E-state index in [0.29, 0.717) is 31.0 Å². The number of hydrogen-bond donors (Lipinski definition) is 6. The van der Waals surface area contributed by atoms with Gasteiger partial charge in [-0.15, -0.1) is 0 Å². The Bertz CT molecular complexity index is 1700. The van der Waals surface area contributed by atoms with Gasteiger partial charge in [0, 0.05) is 16.5 Å². The number of hydrogen-bond acceptors (Lipinski definition) is 7. The zero-order valence-corrected chi connectivity index (χ0v) is 26.1. The number of rotatable bonds is 4. The molecule has 1 aliphatic carbocycles. The van der Waals surface area contributed by atoms with Crippen LogP contribution in [0.2, 0.25) is 0 Å². The van der Waals surface area contributed by atoms with E-state index < -0.39 is 21.6 Å². The van der Waals surface area contributed by atoms with Gasteiger partial charge >= 0.3 is 80.7 Å². The quantitative estimate of drug-likeness (QED) is 0.0918. The standard InChI is InChI=1S/C20H8Br4O5.2Na.H4O7P2.2H/c21-11-5-9-13(7-3-1-2-4-8(7)20(27)28)10-6-12(22)17(26)15(24)19(10)29-18(9)14(23)16(11)25;;;1-8(2,3)7-9(4,5)6;;/h1-6,25H,(H,27,28);;;(H2,1,2,3)(H2,4,5,6);;. The predicted octanol–water partition coefficient (Wildman–Crippen LogP) is 4.91. The van der Waals surface area contributed by atoms with Crippen LogP contribution in [0.1, 0.15) is 10.4 Å². The number of carboxylic acids is 1. The van der Waals surface area contributed by atoms with Crippen LogP contribution < -0.4 is 5.43 Å². The normalized spacial score (nSPS) is 11.3. The summed E-state index contributed by atoms with van der Waals surface area (Å²) in [7, 11) is -10.1. The number of phosphoric acid groups is 2. The summed E-state index contributed by atoms with van der Waals surface area (Å²) in [6.07, 6.45) is 0. The molecule has 6 N–H and O–H groups in total. The molecule has 0 bridgehead atoms. The van der Waals surface area contributed by atoms with Crippen LogP contribution in [-0.4, -0.2) is 94.9 Å². The Morgan fingerprint density at radius 3 is 1.90 bits per heavy atom. The van der Waals surface area contributed by atoms with E-state index in [0.717, 1.165) is 0 Å². The molecular weight excluding hydrogens is 860 g/mol. The molecule has 20 heteroatoms. The van der Waals surface area contributed by atoms with E-state index in [1.54, 1.807) is 30.3 Å². The zero-order valence-electron chi connectivity index (χ0n) is 18.0. The number of carboxylic acid groups (broad SMARTS) is 1. The fourth-order valence-electron chi connectivity index (χ4n) is 3.31. The Morgan fingerprint density at radius 2 is 1.40 bits per heavy atom. The van der Waals surface area contributed by atoms with Crippen molar-refractivity contribution in [2.75, 3.05) is 0 Å². The number of fused-ring (bicyclic) bond motifs is 2. The Morgan fingerprint density at radius 1 is 0.850 bits per heavy atom. The van der Waals surface area contributed by atoms with Crippen LogP contribution in [0.5, 0.6) is 5.75 Å². The molecule has 1 aliphatic heterocycles. The van der Waals surface area contributed by atoms with Crippen molar-refractivity contribution < 1.29 is 52.4 Å². The first kappa shape index (κ1) is 38.6.